The number of nitrogens with two attached hydrogens (primary N) is 1. The Hall–Kier alpha value is -4.80. The number of amides is 1. The van der Waals surface area contributed by atoms with E-state index in [0.717, 1.165) is 10.5 Å². The van der Waals surface area contributed by atoms with E-state index in [1.165, 1.54) is 11.7 Å². The molecular weight excluding hydrogens is 480 g/mol. The molecule has 3 N–H and O–H groups in total. The first kappa shape index (κ1) is 25.3. The van der Waals surface area contributed by atoms with Crippen molar-refractivity contribution in [2.24, 2.45) is 0 Å². The van der Waals surface area contributed by atoms with E-state index in [-0.39, 0.29) is 30.4 Å². The number of ether oxygens (including phenoxy) is 2. The number of fused-ring (bicyclic) bond motifs is 1. The van der Waals surface area contributed by atoms with Crippen LogP contribution in [0.1, 0.15) is 28.6 Å². The van der Waals surface area contributed by atoms with Crippen LogP contribution in [0, 0.1) is 6.92 Å². The third-order valence-corrected chi connectivity index (χ3v) is 5.94. The number of likely N-dealkylation sites (N-methyl/N-ethyl adjacent to an activating group) is 1. The zero-order chi connectivity index (χ0) is 26.7. The molecule has 0 saturated carbocycles. The molecule has 11 nitrogen and oxygen atoms in total. The summed E-state index contributed by atoms with van der Waals surface area (Å²) in [4.78, 5) is 54.1. The molecule has 0 atom stereocenters. The van der Waals surface area contributed by atoms with Crippen LogP contribution in [-0.4, -0.2) is 41.7 Å². The Kier molecular flexibility index (Phi) is 7.14. The smallest absolute Gasteiger partial charge is 0.375 e. The Morgan fingerprint density at radius 2 is 1.86 bits per heavy atom. The number of furan rings is 1. The van der Waals surface area contributed by atoms with Gasteiger partial charge in [0.05, 0.1) is 13.7 Å². The minimum absolute atomic E-state index is 0.0384. The number of aromatic amines is 1. The van der Waals surface area contributed by atoms with Gasteiger partial charge in [-0.15, -0.1) is 0 Å². The highest BCUT2D eigenvalue weighted by atomic mass is 16.5. The molecule has 0 radical (unpaired) electrons. The Balaban J connectivity index is 1.56. The summed E-state index contributed by atoms with van der Waals surface area (Å²) in [5.41, 5.74) is 6.24. The van der Waals surface area contributed by atoms with Crippen molar-refractivity contribution in [3.8, 4) is 5.75 Å². The first-order valence-corrected chi connectivity index (χ1v) is 11.5. The van der Waals surface area contributed by atoms with Crippen LogP contribution >= 0.6 is 0 Å². The van der Waals surface area contributed by atoms with Crippen molar-refractivity contribution < 1.29 is 23.5 Å². The molecule has 0 bridgehead atoms. The van der Waals surface area contributed by atoms with Crippen LogP contribution in [0.5, 0.6) is 5.75 Å². The Morgan fingerprint density at radius 1 is 1.14 bits per heavy atom. The zero-order valence-corrected chi connectivity index (χ0v) is 20.6. The maximum absolute atomic E-state index is 13.0. The van der Waals surface area contributed by atoms with Crippen molar-refractivity contribution in [2.45, 2.75) is 20.4 Å². The molecule has 0 saturated heterocycles. The number of methoxy groups -OCH3 is 1. The molecule has 0 unspecified atom stereocenters. The Bertz CT molecular complexity index is 1580. The van der Waals surface area contributed by atoms with Crippen LogP contribution in [0.15, 0.2) is 62.5 Å². The summed E-state index contributed by atoms with van der Waals surface area (Å²) in [6.07, 6.45) is 0. The van der Waals surface area contributed by atoms with Gasteiger partial charge in [-0.05, 0) is 37.6 Å². The number of rotatable bonds is 8. The van der Waals surface area contributed by atoms with Gasteiger partial charge < -0.3 is 24.5 Å². The number of carbonyl (C=O) groups is 2. The van der Waals surface area contributed by atoms with Gasteiger partial charge in [-0.3, -0.25) is 19.1 Å². The van der Waals surface area contributed by atoms with Gasteiger partial charge in [-0.25, -0.2) is 9.59 Å². The van der Waals surface area contributed by atoms with E-state index in [4.69, 9.17) is 19.6 Å². The number of aryl methyl sites for hydroxylation is 1. The topological polar surface area (TPSA) is 150 Å². The average molecular weight is 507 g/mol. The molecule has 2 aromatic carbocycles. The number of carbonyl (C=O) groups excluding carboxylic acids is 2. The lowest BCUT2D eigenvalue weighted by atomic mass is 10.1. The summed E-state index contributed by atoms with van der Waals surface area (Å²) in [5, 5.41) is 0.674. The molecule has 2 aromatic heterocycles. The number of aromatic nitrogens is 2. The molecule has 0 aliphatic rings. The highest BCUT2D eigenvalue weighted by molar-refractivity contribution is 6.00. The second-order valence-electron chi connectivity index (χ2n) is 8.20. The quantitative estimate of drug-likeness (QED) is 0.346. The molecule has 0 spiro atoms. The highest BCUT2D eigenvalue weighted by Crippen LogP contribution is 2.29. The molecule has 11 heteroatoms. The monoisotopic (exact) mass is 506 g/mol. The lowest BCUT2D eigenvalue weighted by molar-refractivity contribution is -0.121. The SMILES string of the molecule is CCN(C(=O)COC(=O)c1oc2ccc(OC)cc2c1C)c1c(N)n(Cc2ccccc2)c(=O)[nH]c1=O. The summed E-state index contributed by atoms with van der Waals surface area (Å²) in [5.74, 6) is -1.17. The van der Waals surface area contributed by atoms with Crippen molar-refractivity contribution in [3.05, 3.63) is 86.3 Å². The van der Waals surface area contributed by atoms with Crippen LogP contribution in [0.25, 0.3) is 11.0 Å². The number of nitrogens with zero attached hydrogens (tertiary/aromatic N) is 2. The Morgan fingerprint density at radius 3 is 2.54 bits per heavy atom. The summed E-state index contributed by atoms with van der Waals surface area (Å²) in [6.45, 7) is 2.77. The number of nitrogens with one attached hydrogen (secondary N) is 1. The fourth-order valence-electron chi connectivity index (χ4n) is 4.01. The van der Waals surface area contributed by atoms with Crippen LogP contribution in [-0.2, 0) is 16.1 Å². The average Bonchev–Trinajstić information content (AvgIpc) is 3.23. The van der Waals surface area contributed by atoms with Crippen molar-refractivity contribution in [1.82, 2.24) is 9.55 Å². The van der Waals surface area contributed by atoms with E-state index in [2.05, 4.69) is 4.98 Å². The molecule has 37 heavy (non-hydrogen) atoms. The summed E-state index contributed by atoms with van der Waals surface area (Å²) < 4.78 is 17.2. The van der Waals surface area contributed by atoms with Crippen molar-refractivity contribution in [1.29, 1.82) is 0 Å². The second kappa shape index (κ2) is 10.4. The molecule has 4 aromatic rings. The standard InChI is InChI=1S/C26H26N4O7/c1-4-29(21-23(27)30(26(34)28-24(21)32)13-16-8-6-5-7-9-16)20(31)14-36-25(33)22-15(2)18-12-17(35-3)10-11-19(18)37-22/h5-12H,4,13-14,27H2,1-3H3,(H,28,32,34). The van der Waals surface area contributed by atoms with Crippen molar-refractivity contribution in [2.75, 3.05) is 30.9 Å². The van der Waals surface area contributed by atoms with E-state index in [1.807, 2.05) is 6.07 Å². The first-order chi connectivity index (χ1) is 17.7. The van der Waals surface area contributed by atoms with E-state index in [1.54, 1.807) is 56.3 Å². The third-order valence-electron chi connectivity index (χ3n) is 5.94. The van der Waals surface area contributed by atoms with Gasteiger partial charge in [-0.1, -0.05) is 30.3 Å². The lowest BCUT2D eigenvalue weighted by Crippen LogP contribution is -2.42. The van der Waals surface area contributed by atoms with Gasteiger partial charge in [0.15, 0.2) is 12.3 Å². The molecule has 1 amide bonds. The van der Waals surface area contributed by atoms with E-state index < -0.39 is 29.7 Å². The molecule has 0 aliphatic carbocycles. The number of esters is 1. The second-order valence-corrected chi connectivity index (χ2v) is 8.20. The zero-order valence-electron chi connectivity index (χ0n) is 20.6. The van der Waals surface area contributed by atoms with E-state index in [9.17, 15) is 19.2 Å². The Labute approximate surface area is 211 Å². The van der Waals surface area contributed by atoms with E-state index in [0.29, 0.717) is 22.3 Å². The van der Waals surface area contributed by atoms with Crippen LogP contribution in [0.4, 0.5) is 11.5 Å². The molecule has 0 aliphatic heterocycles. The first-order valence-electron chi connectivity index (χ1n) is 11.5. The predicted molar refractivity (Wildman–Crippen MR) is 137 cm³/mol. The van der Waals surface area contributed by atoms with Gasteiger partial charge in [0.2, 0.25) is 5.76 Å². The highest BCUT2D eigenvalue weighted by Gasteiger charge is 2.26. The molecule has 0 fully saturated rings. The van der Waals surface area contributed by atoms with Gasteiger partial charge in [0.1, 0.15) is 17.2 Å². The lowest BCUT2D eigenvalue weighted by Gasteiger charge is -2.23. The minimum Gasteiger partial charge on any atom is -0.497 e. The van der Waals surface area contributed by atoms with Gasteiger partial charge in [-0.2, -0.15) is 0 Å². The van der Waals surface area contributed by atoms with E-state index >= 15 is 0 Å². The van der Waals surface area contributed by atoms with Crippen LogP contribution in [0.2, 0.25) is 0 Å². The normalized spacial score (nSPS) is 10.9. The van der Waals surface area contributed by atoms with Crippen molar-refractivity contribution >= 4 is 34.4 Å². The number of hydrogen-bond acceptors (Lipinski definition) is 8. The third kappa shape index (κ3) is 4.96. The van der Waals surface area contributed by atoms with Crippen LogP contribution < -0.4 is 26.6 Å². The maximum Gasteiger partial charge on any atom is 0.375 e. The minimum atomic E-state index is -0.840. The number of H-pyrrole nitrogens is 1. The van der Waals surface area contributed by atoms with Gasteiger partial charge in [0, 0.05) is 17.5 Å². The number of hydrogen-bond donors (Lipinski definition) is 2. The fourth-order valence-corrected chi connectivity index (χ4v) is 4.01. The molecular formula is C26H26N4O7. The van der Waals surface area contributed by atoms with Crippen LogP contribution in [0.3, 0.4) is 0 Å². The largest absolute Gasteiger partial charge is 0.497 e. The molecule has 192 valence electrons. The number of benzene rings is 2. The summed E-state index contributed by atoms with van der Waals surface area (Å²) in [6, 6.07) is 14.1. The summed E-state index contributed by atoms with van der Waals surface area (Å²) >= 11 is 0. The maximum atomic E-state index is 13.0. The van der Waals surface area contributed by atoms with Gasteiger partial charge in [0.25, 0.3) is 11.5 Å². The number of nitrogen functional groups attached to an aromatic ring is 1. The predicted octanol–water partition coefficient (Wildman–Crippen LogP) is 2.44. The number of anilines is 2. The fraction of sp³-hybridized carbons (Fsp3) is 0.231. The molecule has 2 heterocycles. The van der Waals surface area contributed by atoms with Gasteiger partial charge >= 0.3 is 11.7 Å². The molecule has 4 rings (SSSR count). The summed E-state index contributed by atoms with van der Waals surface area (Å²) in [7, 11) is 1.53. The van der Waals surface area contributed by atoms with Crippen molar-refractivity contribution in [3.63, 3.8) is 0 Å².